The van der Waals surface area contributed by atoms with Crippen LogP contribution in [0.1, 0.15) is 58.4 Å². The maximum atomic E-state index is 12.0. The smallest absolute Gasteiger partial charge is 0.147 e. The molecule has 1 aliphatic heterocycles. The van der Waals surface area contributed by atoms with Crippen LogP contribution in [0, 0.1) is 17.3 Å². The van der Waals surface area contributed by atoms with Gasteiger partial charge in [-0.3, -0.25) is 9.69 Å². The van der Waals surface area contributed by atoms with Crippen LogP contribution in [0.5, 0.6) is 0 Å². The number of Topliss-reactive ketones (excluding diaryl/α,β-unsaturated/α-hetero) is 1. The zero-order chi connectivity index (χ0) is 19.7. The number of ketones is 1. The quantitative estimate of drug-likeness (QED) is 0.683. The lowest BCUT2D eigenvalue weighted by Gasteiger charge is -2.59. The number of nitrogens with zero attached hydrogens (tertiary/aromatic N) is 1. The van der Waals surface area contributed by atoms with Gasteiger partial charge >= 0.3 is 0 Å². The third-order valence-electron chi connectivity index (χ3n) is 6.79. The second-order valence-electron chi connectivity index (χ2n) is 9.99. The molecule has 152 valence electrons. The zero-order valence-corrected chi connectivity index (χ0v) is 17.8. The van der Waals surface area contributed by atoms with Gasteiger partial charge in [0.05, 0.1) is 6.54 Å². The summed E-state index contributed by atoms with van der Waals surface area (Å²) < 4.78 is 0. The third-order valence-corrected chi connectivity index (χ3v) is 6.79. The average molecular weight is 381 g/mol. The van der Waals surface area contributed by atoms with Crippen molar-refractivity contribution in [2.24, 2.45) is 17.3 Å². The maximum absolute atomic E-state index is 12.0. The SMILES string of the molecule is CC/C(=C\c1ccccc1)[C@@H]1C[C@H]1NC1CC2(C1)CN(CC(=O)CC(C)C)C2. The summed E-state index contributed by atoms with van der Waals surface area (Å²) in [6, 6.07) is 12.1. The van der Waals surface area contributed by atoms with Crippen LogP contribution in [0.3, 0.4) is 0 Å². The van der Waals surface area contributed by atoms with Gasteiger partial charge in [-0.05, 0) is 48.5 Å². The third kappa shape index (κ3) is 4.58. The number of carbonyl (C=O) groups excluding carboxylic acids is 1. The molecule has 1 spiro atoms. The van der Waals surface area contributed by atoms with Gasteiger partial charge in [0.15, 0.2) is 0 Å². The van der Waals surface area contributed by atoms with Crippen molar-refractivity contribution in [1.29, 1.82) is 0 Å². The first-order valence-corrected chi connectivity index (χ1v) is 11.2. The molecule has 1 aromatic carbocycles. The predicted molar refractivity (Wildman–Crippen MR) is 116 cm³/mol. The Kier molecular flexibility index (Phi) is 5.76. The van der Waals surface area contributed by atoms with Gasteiger partial charge in [0, 0.05) is 31.6 Å². The first kappa shape index (κ1) is 19.8. The molecule has 1 N–H and O–H groups in total. The van der Waals surface area contributed by atoms with Crippen molar-refractivity contribution in [2.45, 2.75) is 65.0 Å². The van der Waals surface area contributed by atoms with Gasteiger partial charge in [-0.2, -0.15) is 0 Å². The first-order chi connectivity index (χ1) is 13.5. The monoisotopic (exact) mass is 380 g/mol. The first-order valence-electron chi connectivity index (χ1n) is 11.2. The fraction of sp³-hybridized carbons (Fsp3) is 0.640. The highest BCUT2D eigenvalue weighted by Gasteiger charge is 2.54. The fourth-order valence-electron chi connectivity index (χ4n) is 5.47. The molecule has 4 rings (SSSR count). The van der Waals surface area contributed by atoms with E-state index in [1.165, 1.54) is 24.8 Å². The van der Waals surface area contributed by atoms with Crippen molar-refractivity contribution < 1.29 is 4.79 Å². The zero-order valence-electron chi connectivity index (χ0n) is 17.8. The summed E-state index contributed by atoms with van der Waals surface area (Å²) in [5, 5.41) is 3.92. The largest absolute Gasteiger partial charge is 0.311 e. The van der Waals surface area contributed by atoms with Crippen LogP contribution in [0.15, 0.2) is 35.9 Å². The molecule has 1 saturated heterocycles. The number of rotatable bonds is 9. The van der Waals surface area contributed by atoms with Crippen LogP contribution in [-0.4, -0.2) is 42.4 Å². The van der Waals surface area contributed by atoms with Crippen LogP contribution >= 0.6 is 0 Å². The van der Waals surface area contributed by atoms with E-state index in [9.17, 15) is 4.79 Å². The molecule has 0 unspecified atom stereocenters. The van der Waals surface area contributed by atoms with Crippen molar-refractivity contribution in [2.75, 3.05) is 19.6 Å². The fourth-order valence-corrected chi connectivity index (χ4v) is 5.47. The summed E-state index contributed by atoms with van der Waals surface area (Å²) in [5.41, 5.74) is 3.44. The van der Waals surface area contributed by atoms with E-state index < -0.39 is 0 Å². The predicted octanol–water partition coefficient (Wildman–Crippen LogP) is 4.54. The van der Waals surface area contributed by atoms with E-state index in [2.05, 4.69) is 67.4 Å². The van der Waals surface area contributed by atoms with Crippen LogP contribution in [0.2, 0.25) is 0 Å². The standard InChI is InChI=1S/C25H36N2O/c1-4-20(11-19-8-6-5-7-9-19)23-12-24(23)26-21-13-25(14-21)16-27(17-25)15-22(28)10-18(2)3/h5-9,11,18,21,23-24,26H,4,10,12-17H2,1-3H3/b20-11+/t23-,24+/m0/s1. The van der Waals surface area contributed by atoms with Gasteiger partial charge in [0.1, 0.15) is 5.78 Å². The Morgan fingerprint density at radius 2 is 1.96 bits per heavy atom. The molecule has 3 fully saturated rings. The number of hydrogen-bond donors (Lipinski definition) is 1. The van der Waals surface area contributed by atoms with Crippen LogP contribution in [-0.2, 0) is 4.79 Å². The molecule has 0 aromatic heterocycles. The van der Waals surface area contributed by atoms with E-state index in [1.54, 1.807) is 5.57 Å². The van der Waals surface area contributed by atoms with E-state index >= 15 is 0 Å². The highest BCUT2D eigenvalue weighted by Crippen LogP contribution is 2.50. The van der Waals surface area contributed by atoms with Crippen molar-refractivity contribution in [3.63, 3.8) is 0 Å². The molecule has 0 radical (unpaired) electrons. The molecule has 28 heavy (non-hydrogen) atoms. The minimum atomic E-state index is 0.414. The van der Waals surface area contributed by atoms with E-state index in [1.807, 2.05) is 0 Å². The molecule has 2 atom stereocenters. The Morgan fingerprint density at radius 1 is 1.25 bits per heavy atom. The van der Waals surface area contributed by atoms with Gasteiger partial charge in [0.2, 0.25) is 0 Å². The lowest BCUT2D eigenvalue weighted by Crippen LogP contribution is -2.66. The average Bonchev–Trinajstić information content (AvgIpc) is 3.35. The van der Waals surface area contributed by atoms with Crippen LogP contribution in [0.4, 0.5) is 0 Å². The molecule has 1 heterocycles. The second-order valence-corrected chi connectivity index (χ2v) is 9.99. The molecule has 0 bridgehead atoms. The summed E-state index contributed by atoms with van der Waals surface area (Å²) in [7, 11) is 0. The molecule has 2 aliphatic carbocycles. The van der Waals surface area contributed by atoms with Gasteiger partial charge in [-0.15, -0.1) is 0 Å². The maximum Gasteiger partial charge on any atom is 0.147 e. The number of likely N-dealkylation sites (tertiary alicyclic amines) is 1. The van der Waals surface area contributed by atoms with Crippen LogP contribution < -0.4 is 5.32 Å². The Balaban J connectivity index is 1.18. The second kappa shape index (κ2) is 8.12. The van der Waals surface area contributed by atoms with Gasteiger partial charge in [-0.25, -0.2) is 0 Å². The van der Waals surface area contributed by atoms with Gasteiger partial charge in [0.25, 0.3) is 0 Å². The van der Waals surface area contributed by atoms with E-state index in [0.717, 1.165) is 31.8 Å². The molecular weight excluding hydrogens is 344 g/mol. The van der Waals surface area contributed by atoms with Crippen LogP contribution in [0.25, 0.3) is 6.08 Å². The van der Waals surface area contributed by atoms with E-state index in [-0.39, 0.29) is 0 Å². The lowest BCUT2D eigenvalue weighted by molar-refractivity contribution is -0.128. The van der Waals surface area contributed by atoms with Gasteiger partial charge < -0.3 is 5.32 Å². The number of hydrogen-bond acceptors (Lipinski definition) is 3. The highest BCUT2D eigenvalue weighted by molar-refractivity contribution is 5.80. The Bertz CT molecular complexity index is 709. The van der Waals surface area contributed by atoms with Crippen molar-refractivity contribution in [3.8, 4) is 0 Å². The lowest BCUT2D eigenvalue weighted by atomic mass is 9.60. The minimum Gasteiger partial charge on any atom is -0.311 e. The normalized spacial score (nSPS) is 26.9. The molecular formula is C25H36N2O. The van der Waals surface area contributed by atoms with Gasteiger partial charge in [-0.1, -0.05) is 62.8 Å². The minimum absolute atomic E-state index is 0.414. The topological polar surface area (TPSA) is 32.3 Å². The Hall–Kier alpha value is -1.45. The number of carbonyl (C=O) groups is 1. The summed E-state index contributed by atoms with van der Waals surface area (Å²) in [6.07, 6.45) is 8.17. The number of nitrogens with one attached hydrogen (secondary N) is 1. The summed E-state index contributed by atoms with van der Waals surface area (Å²) in [4.78, 5) is 14.4. The molecule has 3 nitrogen and oxygen atoms in total. The Labute approximate surface area is 170 Å². The van der Waals surface area contributed by atoms with E-state index in [0.29, 0.717) is 35.7 Å². The molecule has 1 aromatic rings. The van der Waals surface area contributed by atoms with Crippen molar-refractivity contribution in [3.05, 3.63) is 41.5 Å². The van der Waals surface area contributed by atoms with Crippen molar-refractivity contribution >= 4 is 11.9 Å². The summed E-state index contributed by atoms with van der Waals surface area (Å²) in [6.45, 7) is 9.48. The molecule has 3 aliphatic rings. The molecule has 2 saturated carbocycles. The highest BCUT2D eigenvalue weighted by atomic mass is 16.1. The molecule has 3 heteroatoms. The van der Waals surface area contributed by atoms with Crippen molar-refractivity contribution in [1.82, 2.24) is 10.2 Å². The molecule has 0 amide bonds. The Morgan fingerprint density at radius 3 is 2.61 bits per heavy atom. The number of benzene rings is 1. The van der Waals surface area contributed by atoms with E-state index in [4.69, 9.17) is 0 Å². The summed E-state index contributed by atoms with van der Waals surface area (Å²) >= 11 is 0. The summed E-state index contributed by atoms with van der Waals surface area (Å²) in [5.74, 6) is 1.63.